The number of benzene rings is 2. The maximum atomic E-state index is 12.9. The van der Waals surface area contributed by atoms with E-state index < -0.39 is 10.0 Å². The van der Waals surface area contributed by atoms with Gasteiger partial charge in [-0.1, -0.05) is 40.9 Å². The molecule has 0 unspecified atom stereocenters. The molecule has 0 bridgehead atoms. The summed E-state index contributed by atoms with van der Waals surface area (Å²) >= 11 is 18.8. The number of rotatable bonds is 6. The van der Waals surface area contributed by atoms with E-state index in [1.54, 1.807) is 6.07 Å². The first-order valence-electron chi connectivity index (χ1n) is 11.4. The normalized spacial score (nSPS) is 23.1. The average molecular weight is 531 g/mol. The molecule has 9 heteroatoms. The van der Waals surface area contributed by atoms with E-state index in [4.69, 9.17) is 34.8 Å². The number of nitrogens with one attached hydrogen (secondary N) is 1. The van der Waals surface area contributed by atoms with Crippen molar-refractivity contribution in [2.45, 2.75) is 37.0 Å². The Balaban J connectivity index is 1.49. The number of nitrogens with zero attached hydrogens (tertiary/aromatic N) is 2. The molecule has 2 aliphatic heterocycles. The lowest BCUT2D eigenvalue weighted by Crippen LogP contribution is -2.46. The Morgan fingerprint density at radius 3 is 2.27 bits per heavy atom. The molecule has 0 aliphatic carbocycles. The van der Waals surface area contributed by atoms with Crippen LogP contribution < -0.4 is 9.62 Å². The molecule has 5 nitrogen and oxygen atoms in total. The molecule has 2 saturated heterocycles. The van der Waals surface area contributed by atoms with Gasteiger partial charge in [-0.3, -0.25) is 0 Å². The van der Waals surface area contributed by atoms with Crippen LogP contribution in [0, 0.1) is 5.92 Å². The molecule has 4 rings (SSSR count). The largest absolute Gasteiger partial charge is 0.364 e. The van der Waals surface area contributed by atoms with Crippen LogP contribution in [0.4, 0.5) is 5.69 Å². The lowest BCUT2D eigenvalue weighted by molar-refractivity contribution is 0.276. The van der Waals surface area contributed by atoms with E-state index in [9.17, 15) is 8.42 Å². The number of piperidine rings is 2. The Hall–Kier alpha value is -1.02. The molecule has 0 radical (unpaired) electrons. The van der Waals surface area contributed by atoms with Gasteiger partial charge in [0.25, 0.3) is 0 Å². The highest BCUT2D eigenvalue weighted by molar-refractivity contribution is 7.90. The monoisotopic (exact) mass is 529 g/mol. The summed E-state index contributed by atoms with van der Waals surface area (Å²) < 4.78 is 28.7. The zero-order valence-corrected chi connectivity index (χ0v) is 21.8. The Morgan fingerprint density at radius 2 is 1.61 bits per heavy atom. The van der Waals surface area contributed by atoms with E-state index in [1.165, 1.54) is 0 Å². The van der Waals surface area contributed by atoms with E-state index in [0.717, 1.165) is 43.7 Å². The highest BCUT2D eigenvalue weighted by atomic mass is 35.5. The zero-order chi connectivity index (χ0) is 23.6. The molecule has 2 atom stereocenters. The highest BCUT2D eigenvalue weighted by Gasteiger charge is 2.33. The predicted molar refractivity (Wildman–Crippen MR) is 138 cm³/mol. The minimum atomic E-state index is -3.32. The summed E-state index contributed by atoms with van der Waals surface area (Å²) in [6, 6.07) is 13.5. The first-order chi connectivity index (χ1) is 15.7. The standard InChI is InChI=1S/C24H30Cl3N3O2S/c1-29-12-10-21(11-13-29)33(31,32)28-15-17-2-9-24(22-8-5-19(26)14-23(22)27)30(16-17)20-6-3-18(25)4-7-20/h3-8,14,17,21,24,28H,2,9-13,15-16H2,1H3/t17-,24-/m0/s1. The lowest BCUT2D eigenvalue weighted by Gasteiger charge is -2.42. The Kier molecular flexibility index (Phi) is 8.14. The second kappa shape index (κ2) is 10.7. The third kappa shape index (κ3) is 6.16. The third-order valence-electron chi connectivity index (χ3n) is 6.84. The van der Waals surface area contributed by atoms with Gasteiger partial charge in [-0.15, -0.1) is 0 Å². The van der Waals surface area contributed by atoms with Gasteiger partial charge in [-0.25, -0.2) is 13.1 Å². The van der Waals surface area contributed by atoms with Crippen LogP contribution >= 0.6 is 34.8 Å². The summed E-state index contributed by atoms with van der Waals surface area (Å²) in [7, 11) is -1.28. The van der Waals surface area contributed by atoms with Crippen LogP contribution in [0.25, 0.3) is 0 Å². The average Bonchev–Trinajstić information content (AvgIpc) is 2.79. The van der Waals surface area contributed by atoms with Gasteiger partial charge in [0.1, 0.15) is 0 Å². The van der Waals surface area contributed by atoms with Crippen LogP contribution in [0.1, 0.15) is 37.3 Å². The maximum absolute atomic E-state index is 12.9. The van der Waals surface area contributed by atoms with Crippen molar-refractivity contribution in [3.63, 3.8) is 0 Å². The van der Waals surface area contributed by atoms with Crippen molar-refractivity contribution in [2.75, 3.05) is 38.1 Å². The number of anilines is 1. The minimum absolute atomic E-state index is 0.0812. The second-order valence-electron chi connectivity index (χ2n) is 9.15. The third-order valence-corrected chi connectivity index (χ3v) is 9.57. The van der Waals surface area contributed by atoms with Gasteiger partial charge >= 0.3 is 0 Å². The maximum Gasteiger partial charge on any atom is 0.214 e. The van der Waals surface area contributed by atoms with Crippen LogP contribution in [-0.2, 0) is 10.0 Å². The summed E-state index contributed by atoms with van der Waals surface area (Å²) in [6.07, 6.45) is 3.14. The molecule has 0 aromatic heterocycles. The minimum Gasteiger partial charge on any atom is -0.364 e. The Bertz CT molecular complexity index is 1060. The summed E-state index contributed by atoms with van der Waals surface area (Å²) in [6.45, 7) is 2.81. The molecule has 2 aromatic carbocycles. The van der Waals surface area contributed by atoms with Crippen molar-refractivity contribution in [3.8, 4) is 0 Å². The van der Waals surface area contributed by atoms with Crippen molar-refractivity contribution >= 4 is 50.5 Å². The van der Waals surface area contributed by atoms with Gasteiger partial charge < -0.3 is 9.80 Å². The van der Waals surface area contributed by atoms with E-state index in [-0.39, 0.29) is 17.2 Å². The van der Waals surface area contributed by atoms with Gasteiger partial charge in [0, 0.05) is 33.8 Å². The highest BCUT2D eigenvalue weighted by Crippen LogP contribution is 2.40. The summed E-state index contributed by atoms with van der Waals surface area (Å²) in [5.41, 5.74) is 2.07. The number of sulfonamides is 1. The van der Waals surface area contributed by atoms with E-state index in [1.807, 2.05) is 43.4 Å². The fourth-order valence-electron chi connectivity index (χ4n) is 4.87. The lowest BCUT2D eigenvalue weighted by atomic mass is 9.88. The fraction of sp³-hybridized carbons (Fsp3) is 0.500. The van der Waals surface area contributed by atoms with Crippen molar-refractivity contribution in [3.05, 3.63) is 63.1 Å². The van der Waals surface area contributed by atoms with Crippen molar-refractivity contribution in [1.82, 2.24) is 9.62 Å². The van der Waals surface area contributed by atoms with Crippen molar-refractivity contribution in [2.24, 2.45) is 5.92 Å². The summed E-state index contributed by atoms with van der Waals surface area (Å²) in [4.78, 5) is 4.49. The Labute approximate surface area is 212 Å². The molecular formula is C24H30Cl3N3O2S. The van der Waals surface area contributed by atoms with Crippen molar-refractivity contribution in [1.29, 1.82) is 0 Å². The molecule has 2 aromatic rings. The van der Waals surface area contributed by atoms with Crippen LogP contribution in [0.3, 0.4) is 0 Å². The number of hydrogen-bond acceptors (Lipinski definition) is 4. The molecule has 1 N–H and O–H groups in total. The molecular weight excluding hydrogens is 501 g/mol. The van der Waals surface area contributed by atoms with Gasteiger partial charge in [0.2, 0.25) is 10.0 Å². The summed E-state index contributed by atoms with van der Waals surface area (Å²) in [5.74, 6) is 0.198. The topological polar surface area (TPSA) is 52.7 Å². The predicted octanol–water partition coefficient (Wildman–Crippen LogP) is 5.62. The molecule has 2 heterocycles. The van der Waals surface area contributed by atoms with Gasteiger partial charge in [0.15, 0.2) is 0 Å². The SMILES string of the molecule is CN1CCC(S(=O)(=O)NC[C@@H]2CC[C@@H](c3ccc(Cl)cc3Cl)N(c3ccc(Cl)cc3)C2)CC1. The van der Waals surface area contributed by atoms with E-state index in [0.29, 0.717) is 34.5 Å². The number of likely N-dealkylation sites (tertiary alicyclic amines) is 1. The zero-order valence-electron chi connectivity index (χ0n) is 18.7. The number of halogens is 3. The fourth-order valence-corrected chi connectivity index (χ4v) is 7.07. The smallest absolute Gasteiger partial charge is 0.214 e. The van der Waals surface area contributed by atoms with Gasteiger partial charge in [0.05, 0.1) is 11.3 Å². The molecule has 0 spiro atoms. The van der Waals surface area contributed by atoms with E-state index in [2.05, 4.69) is 14.5 Å². The van der Waals surface area contributed by atoms with Gasteiger partial charge in [-0.05, 0) is 93.7 Å². The Morgan fingerprint density at radius 1 is 0.939 bits per heavy atom. The molecule has 180 valence electrons. The molecule has 2 fully saturated rings. The summed E-state index contributed by atoms with van der Waals surface area (Å²) in [5, 5.41) is 1.64. The number of hydrogen-bond donors (Lipinski definition) is 1. The van der Waals surface area contributed by atoms with Gasteiger partial charge in [-0.2, -0.15) is 0 Å². The first kappa shape index (κ1) is 25.1. The van der Waals surface area contributed by atoms with Crippen LogP contribution in [-0.4, -0.2) is 51.8 Å². The van der Waals surface area contributed by atoms with Crippen LogP contribution in [0.15, 0.2) is 42.5 Å². The molecule has 2 aliphatic rings. The van der Waals surface area contributed by atoms with Crippen molar-refractivity contribution < 1.29 is 8.42 Å². The first-order valence-corrected chi connectivity index (χ1v) is 14.0. The van der Waals surface area contributed by atoms with Crippen LogP contribution in [0.2, 0.25) is 15.1 Å². The molecule has 33 heavy (non-hydrogen) atoms. The second-order valence-corrected chi connectivity index (χ2v) is 12.5. The van der Waals surface area contributed by atoms with Crippen LogP contribution in [0.5, 0.6) is 0 Å². The molecule has 0 amide bonds. The van der Waals surface area contributed by atoms with E-state index >= 15 is 0 Å². The quantitative estimate of drug-likeness (QED) is 0.527. The molecule has 0 saturated carbocycles.